The maximum Gasteiger partial charge on any atom is 0.322 e. The van der Waals surface area contributed by atoms with Crippen LogP contribution in [0.3, 0.4) is 0 Å². The highest BCUT2D eigenvalue weighted by Gasteiger charge is 2.22. The molecule has 116 valence electrons. The van der Waals surface area contributed by atoms with Crippen molar-refractivity contribution in [2.45, 2.75) is 46.1 Å². The molecule has 5 heteroatoms. The number of aryl methyl sites for hydroxylation is 1. The number of nitrogens with one attached hydrogen (secondary N) is 1. The first-order valence-corrected chi connectivity index (χ1v) is 6.88. The van der Waals surface area contributed by atoms with Gasteiger partial charge in [0.1, 0.15) is 12.3 Å². The van der Waals surface area contributed by atoms with Gasteiger partial charge in [-0.2, -0.15) is 0 Å². The third kappa shape index (κ3) is 5.10. The van der Waals surface area contributed by atoms with Gasteiger partial charge in [-0.15, -0.1) is 0 Å². The van der Waals surface area contributed by atoms with Crippen LogP contribution in [0, 0.1) is 6.92 Å². The predicted octanol–water partition coefficient (Wildman–Crippen LogP) is 2.26. The molecule has 1 aromatic carbocycles. The summed E-state index contributed by atoms with van der Waals surface area (Å²) in [6, 6.07) is 5.81. The van der Waals surface area contributed by atoms with E-state index in [1.807, 2.05) is 25.1 Å². The molecule has 0 saturated heterocycles. The molecule has 0 aliphatic rings. The molecular weight excluding hydrogens is 270 g/mol. The summed E-state index contributed by atoms with van der Waals surface area (Å²) < 4.78 is 5.72. The van der Waals surface area contributed by atoms with Gasteiger partial charge in [-0.3, -0.25) is 9.59 Å². The smallest absolute Gasteiger partial charge is 0.322 e. The van der Waals surface area contributed by atoms with Gasteiger partial charge >= 0.3 is 5.97 Å². The van der Waals surface area contributed by atoms with Crippen LogP contribution in [-0.2, 0) is 15.0 Å². The molecule has 0 saturated carbocycles. The van der Waals surface area contributed by atoms with Crippen molar-refractivity contribution in [3.8, 4) is 5.75 Å². The van der Waals surface area contributed by atoms with E-state index in [1.54, 1.807) is 6.92 Å². The highest BCUT2D eigenvalue weighted by molar-refractivity contribution is 5.84. The van der Waals surface area contributed by atoms with E-state index in [2.05, 4.69) is 26.1 Å². The molecule has 0 aromatic heterocycles. The fourth-order valence-electron chi connectivity index (χ4n) is 1.88. The van der Waals surface area contributed by atoms with E-state index < -0.39 is 24.5 Å². The minimum atomic E-state index is -1.08. The number of carbonyl (C=O) groups excluding carboxylic acids is 1. The summed E-state index contributed by atoms with van der Waals surface area (Å²) in [6.07, 6.45) is -0.756. The Morgan fingerprint density at radius 2 is 1.95 bits per heavy atom. The van der Waals surface area contributed by atoms with Crippen molar-refractivity contribution in [1.29, 1.82) is 0 Å². The molecule has 0 aliphatic heterocycles. The molecule has 0 aliphatic carbocycles. The van der Waals surface area contributed by atoms with Crippen LogP contribution in [0.25, 0.3) is 0 Å². The van der Waals surface area contributed by atoms with Crippen LogP contribution in [0.15, 0.2) is 18.2 Å². The molecule has 0 heterocycles. The Labute approximate surface area is 125 Å². The molecule has 0 radical (unpaired) electrons. The highest BCUT2D eigenvalue weighted by Crippen LogP contribution is 2.32. The van der Waals surface area contributed by atoms with E-state index in [-0.39, 0.29) is 5.41 Å². The lowest BCUT2D eigenvalue weighted by Crippen LogP contribution is -2.39. The number of rotatable bonds is 5. The largest absolute Gasteiger partial charge is 0.481 e. The summed E-state index contributed by atoms with van der Waals surface area (Å²) in [6.45, 7) is 9.41. The minimum Gasteiger partial charge on any atom is -0.481 e. The Morgan fingerprint density at radius 1 is 1.33 bits per heavy atom. The third-order valence-corrected chi connectivity index (χ3v) is 3.03. The van der Waals surface area contributed by atoms with Crippen molar-refractivity contribution >= 4 is 11.9 Å². The van der Waals surface area contributed by atoms with Crippen LogP contribution in [0.4, 0.5) is 0 Å². The topological polar surface area (TPSA) is 75.6 Å². The zero-order valence-electron chi connectivity index (χ0n) is 13.2. The Bertz CT molecular complexity index is 532. The number of hydrogen-bond acceptors (Lipinski definition) is 3. The molecule has 1 aromatic rings. The SMILES string of the molecule is Cc1ccc(OC(C)C(=O)NCC(=O)O)c(C(C)(C)C)c1. The Balaban J connectivity index is 2.87. The van der Waals surface area contributed by atoms with E-state index in [0.717, 1.165) is 11.1 Å². The van der Waals surface area contributed by atoms with E-state index >= 15 is 0 Å². The van der Waals surface area contributed by atoms with Gasteiger partial charge in [0, 0.05) is 0 Å². The van der Waals surface area contributed by atoms with E-state index in [9.17, 15) is 9.59 Å². The molecule has 21 heavy (non-hydrogen) atoms. The fraction of sp³-hybridized carbons (Fsp3) is 0.500. The molecule has 0 bridgehead atoms. The second kappa shape index (κ2) is 6.61. The Morgan fingerprint density at radius 3 is 2.48 bits per heavy atom. The summed E-state index contributed by atoms with van der Waals surface area (Å²) >= 11 is 0. The first-order chi connectivity index (χ1) is 9.61. The van der Waals surface area contributed by atoms with Crippen molar-refractivity contribution in [3.05, 3.63) is 29.3 Å². The van der Waals surface area contributed by atoms with Gasteiger partial charge in [-0.1, -0.05) is 38.5 Å². The zero-order valence-corrected chi connectivity index (χ0v) is 13.2. The van der Waals surface area contributed by atoms with E-state index in [0.29, 0.717) is 5.75 Å². The third-order valence-electron chi connectivity index (χ3n) is 3.03. The Hall–Kier alpha value is -2.04. The summed E-state index contributed by atoms with van der Waals surface area (Å²) in [4.78, 5) is 22.2. The number of hydrogen-bond donors (Lipinski definition) is 2. The number of amides is 1. The first kappa shape index (κ1) is 17.0. The monoisotopic (exact) mass is 293 g/mol. The lowest BCUT2D eigenvalue weighted by Gasteiger charge is -2.25. The summed E-state index contributed by atoms with van der Waals surface area (Å²) in [5.74, 6) is -0.884. The van der Waals surface area contributed by atoms with Crippen LogP contribution in [0.5, 0.6) is 5.75 Å². The molecule has 1 unspecified atom stereocenters. The van der Waals surface area contributed by atoms with Crippen molar-refractivity contribution < 1.29 is 19.4 Å². The van der Waals surface area contributed by atoms with Gasteiger partial charge in [0.2, 0.25) is 0 Å². The quantitative estimate of drug-likeness (QED) is 0.873. The summed E-state index contributed by atoms with van der Waals surface area (Å²) in [7, 11) is 0. The van der Waals surface area contributed by atoms with Crippen LogP contribution < -0.4 is 10.1 Å². The number of benzene rings is 1. The highest BCUT2D eigenvalue weighted by atomic mass is 16.5. The van der Waals surface area contributed by atoms with Gasteiger partial charge in [-0.25, -0.2) is 0 Å². The second-order valence-electron chi connectivity index (χ2n) is 6.12. The molecule has 2 N–H and O–H groups in total. The molecular formula is C16H23NO4. The number of aliphatic carboxylic acids is 1. The first-order valence-electron chi connectivity index (χ1n) is 6.88. The molecule has 1 atom stereocenters. The lowest BCUT2D eigenvalue weighted by molar-refractivity contribution is -0.139. The molecule has 0 fully saturated rings. The molecule has 1 amide bonds. The molecule has 1 rings (SSSR count). The van der Waals surface area contributed by atoms with Gasteiger partial charge in [0.25, 0.3) is 5.91 Å². The van der Waals surface area contributed by atoms with Crippen LogP contribution in [-0.4, -0.2) is 29.6 Å². The number of ether oxygens (including phenoxy) is 1. The van der Waals surface area contributed by atoms with Gasteiger partial charge in [-0.05, 0) is 30.9 Å². The number of carbonyl (C=O) groups is 2. The van der Waals surface area contributed by atoms with Gasteiger partial charge < -0.3 is 15.2 Å². The maximum atomic E-state index is 11.8. The van der Waals surface area contributed by atoms with Gasteiger partial charge in [0.15, 0.2) is 6.10 Å². The molecule has 5 nitrogen and oxygen atoms in total. The van der Waals surface area contributed by atoms with Crippen molar-refractivity contribution in [2.75, 3.05) is 6.54 Å². The van der Waals surface area contributed by atoms with Crippen molar-refractivity contribution in [3.63, 3.8) is 0 Å². The van der Waals surface area contributed by atoms with Crippen molar-refractivity contribution in [1.82, 2.24) is 5.32 Å². The predicted molar refractivity (Wildman–Crippen MR) is 80.6 cm³/mol. The average molecular weight is 293 g/mol. The zero-order chi connectivity index (χ0) is 16.2. The summed E-state index contributed by atoms with van der Waals surface area (Å²) in [5.41, 5.74) is 2.02. The maximum absolute atomic E-state index is 11.8. The standard InChI is InChI=1S/C16H23NO4/c1-10-6-7-13(12(8-10)16(3,4)5)21-11(2)15(20)17-9-14(18)19/h6-8,11H,9H2,1-5H3,(H,17,20)(H,18,19). The fourth-order valence-corrected chi connectivity index (χ4v) is 1.88. The lowest BCUT2D eigenvalue weighted by atomic mass is 9.85. The minimum absolute atomic E-state index is 0.112. The van der Waals surface area contributed by atoms with E-state index in [1.165, 1.54) is 0 Å². The van der Waals surface area contributed by atoms with Gasteiger partial charge in [0.05, 0.1) is 0 Å². The summed E-state index contributed by atoms with van der Waals surface area (Å²) in [5, 5.41) is 10.9. The van der Waals surface area contributed by atoms with Crippen LogP contribution in [0.1, 0.15) is 38.8 Å². The average Bonchev–Trinajstić information content (AvgIpc) is 2.36. The second-order valence-corrected chi connectivity index (χ2v) is 6.12. The number of carboxylic acid groups (broad SMARTS) is 1. The Kier molecular flexibility index (Phi) is 5.35. The van der Waals surface area contributed by atoms with Crippen LogP contribution in [0.2, 0.25) is 0 Å². The number of carboxylic acids is 1. The molecule has 0 spiro atoms. The van der Waals surface area contributed by atoms with Crippen molar-refractivity contribution in [2.24, 2.45) is 0 Å². The van der Waals surface area contributed by atoms with Crippen LogP contribution >= 0.6 is 0 Å². The van der Waals surface area contributed by atoms with E-state index in [4.69, 9.17) is 9.84 Å². The normalized spacial score (nSPS) is 12.6.